The Labute approximate surface area is 212 Å². The molecule has 1 saturated heterocycles. The summed E-state index contributed by atoms with van der Waals surface area (Å²) in [6.07, 6.45) is 6.82. The molecule has 0 amide bonds. The summed E-state index contributed by atoms with van der Waals surface area (Å²) in [7, 11) is 0. The fourth-order valence-corrected chi connectivity index (χ4v) is 12.2. The second-order valence-electron chi connectivity index (χ2n) is 15.8. The summed E-state index contributed by atoms with van der Waals surface area (Å²) in [5.74, 6) is 1.09. The molecule has 1 spiro atoms. The maximum Gasteiger partial charge on any atom is 0.0778 e. The van der Waals surface area contributed by atoms with Gasteiger partial charge in [-0.25, -0.2) is 0 Å². The van der Waals surface area contributed by atoms with Crippen molar-refractivity contribution in [3.8, 4) is 0 Å². The van der Waals surface area contributed by atoms with Crippen LogP contribution in [0.5, 0.6) is 0 Å². The molecule has 5 aliphatic carbocycles. The van der Waals surface area contributed by atoms with Crippen LogP contribution in [0.3, 0.4) is 0 Å². The standard InChI is InChI=1S/C30H50O5/c1-24(2)18-7-11-27(5)19(26(18,4)10-9-21(24)32)8-12-30-20-13-25(3,16-31)14-22(33)29(20,17-35-30)23(34)15-28(27,30)6/h18-23,31-34H,7-17H2,1-6H3/t18-,19+,20+,21-,22+,23+,25+,26-,27+,28-,29+,30-/m0/s1. The monoisotopic (exact) mass is 490 g/mol. The lowest BCUT2D eigenvalue weighted by atomic mass is 9.30. The van der Waals surface area contributed by atoms with Crippen molar-refractivity contribution in [2.75, 3.05) is 13.2 Å². The summed E-state index contributed by atoms with van der Waals surface area (Å²) < 4.78 is 6.99. The lowest BCUT2D eigenvalue weighted by molar-refractivity contribution is -0.305. The molecule has 2 bridgehead atoms. The van der Waals surface area contributed by atoms with Gasteiger partial charge < -0.3 is 25.2 Å². The average molecular weight is 491 g/mol. The van der Waals surface area contributed by atoms with E-state index >= 15 is 0 Å². The molecule has 5 nitrogen and oxygen atoms in total. The second kappa shape index (κ2) is 7.05. The molecule has 200 valence electrons. The molecule has 6 rings (SSSR count). The molecular weight excluding hydrogens is 440 g/mol. The predicted molar refractivity (Wildman–Crippen MR) is 134 cm³/mol. The van der Waals surface area contributed by atoms with Crippen LogP contribution in [0.15, 0.2) is 0 Å². The average Bonchev–Trinajstić information content (AvgIpc) is 3.06. The Morgan fingerprint density at radius 2 is 1.37 bits per heavy atom. The molecule has 35 heavy (non-hydrogen) atoms. The van der Waals surface area contributed by atoms with Crippen LogP contribution < -0.4 is 0 Å². The number of aliphatic hydroxyl groups is 4. The normalized spacial score (nSPS) is 62.9. The van der Waals surface area contributed by atoms with Crippen LogP contribution in [0.4, 0.5) is 0 Å². The third-order valence-electron chi connectivity index (χ3n) is 14.4. The molecule has 4 N–H and O–H groups in total. The van der Waals surface area contributed by atoms with Gasteiger partial charge in [-0.1, -0.05) is 41.5 Å². The molecule has 5 saturated carbocycles. The van der Waals surface area contributed by atoms with Gasteiger partial charge in [-0.15, -0.1) is 0 Å². The smallest absolute Gasteiger partial charge is 0.0778 e. The minimum Gasteiger partial charge on any atom is -0.396 e. The van der Waals surface area contributed by atoms with Crippen molar-refractivity contribution in [1.82, 2.24) is 0 Å². The van der Waals surface area contributed by atoms with Crippen molar-refractivity contribution >= 4 is 0 Å². The van der Waals surface area contributed by atoms with Gasteiger partial charge in [-0.2, -0.15) is 0 Å². The zero-order valence-corrected chi connectivity index (χ0v) is 22.9. The molecular formula is C30H50O5. The quantitative estimate of drug-likeness (QED) is 0.440. The Bertz CT molecular complexity index is 905. The Kier molecular flexibility index (Phi) is 5.06. The molecule has 0 aromatic carbocycles. The zero-order chi connectivity index (χ0) is 25.4. The van der Waals surface area contributed by atoms with Crippen LogP contribution in [0.25, 0.3) is 0 Å². The SMILES string of the molecule is CC1(C)[C@@H](O)CC[C@]2(C)[C@H]3CC[C@]45OC[C@@]6([C@H](O)C[C@](C)(CO)C[C@H]64)[C@H](O)C[C@@]5(C)[C@]3(C)CC[C@@H]12. The molecule has 0 radical (unpaired) electrons. The van der Waals surface area contributed by atoms with Gasteiger partial charge in [-0.3, -0.25) is 0 Å². The minimum absolute atomic E-state index is 0.0182. The number of hydrogen-bond donors (Lipinski definition) is 4. The van der Waals surface area contributed by atoms with E-state index in [0.717, 1.165) is 44.9 Å². The van der Waals surface area contributed by atoms with Gasteiger partial charge in [0.25, 0.3) is 0 Å². The molecule has 5 heteroatoms. The maximum absolute atomic E-state index is 11.9. The van der Waals surface area contributed by atoms with E-state index in [1.165, 1.54) is 0 Å². The van der Waals surface area contributed by atoms with Gasteiger partial charge in [0.15, 0.2) is 0 Å². The van der Waals surface area contributed by atoms with E-state index in [0.29, 0.717) is 31.3 Å². The van der Waals surface area contributed by atoms with E-state index in [4.69, 9.17) is 4.74 Å². The van der Waals surface area contributed by atoms with Crippen molar-refractivity contribution in [1.29, 1.82) is 0 Å². The highest BCUT2D eigenvalue weighted by molar-refractivity contribution is 5.29. The van der Waals surface area contributed by atoms with Crippen LogP contribution in [0, 0.1) is 50.2 Å². The number of aliphatic hydroxyl groups excluding tert-OH is 4. The molecule has 1 heterocycles. The molecule has 12 atom stereocenters. The van der Waals surface area contributed by atoms with Crippen molar-refractivity contribution in [2.45, 2.75) is 123 Å². The Morgan fingerprint density at radius 3 is 2.06 bits per heavy atom. The summed E-state index contributed by atoms with van der Waals surface area (Å²) >= 11 is 0. The largest absolute Gasteiger partial charge is 0.396 e. The first-order valence-electron chi connectivity index (χ1n) is 14.5. The first kappa shape index (κ1) is 25.1. The van der Waals surface area contributed by atoms with E-state index < -0.39 is 17.6 Å². The Balaban J connectivity index is 1.46. The lowest BCUT2D eigenvalue weighted by Gasteiger charge is -2.75. The molecule has 6 aliphatic rings. The van der Waals surface area contributed by atoms with Crippen molar-refractivity contribution in [2.24, 2.45) is 50.2 Å². The first-order valence-corrected chi connectivity index (χ1v) is 14.5. The highest BCUT2D eigenvalue weighted by Crippen LogP contribution is 2.80. The number of rotatable bonds is 1. The summed E-state index contributed by atoms with van der Waals surface area (Å²) in [5, 5.41) is 44.6. The van der Waals surface area contributed by atoms with Gasteiger partial charge >= 0.3 is 0 Å². The summed E-state index contributed by atoms with van der Waals surface area (Å²) in [5.41, 5.74) is -1.39. The van der Waals surface area contributed by atoms with E-state index in [9.17, 15) is 20.4 Å². The Morgan fingerprint density at radius 1 is 0.714 bits per heavy atom. The van der Waals surface area contributed by atoms with Crippen molar-refractivity contribution in [3.05, 3.63) is 0 Å². The van der Waals surface area contributed by atoms with E-state index in [1.54, 1.807) is 0 Å². The first-order chi connectivity index (χ1) is 16.2. The summed E-state index contributed by atoms with van der Waals surface area (Å²) in [6.45, 7) is 14.6. The van der Waals surface area contributed by atoms with Crippen LogP contribution >= 0.6 is 0 Å². The fraction of sp³-hybridized carbons (Fsp3) is 1.00. The topological polar surface area (TPSA) is 90.2 Å². The van der Waals surface area contributed by atoms with Gasteiger partial charge in [-0.05, 0) is 91.3 Å². The summed E-state index contributed by atoms with van der Waals surface area (Å²) in [6, 6.07) is 0. The molecule has 1 aliphatic heterocycles. The van der Waals surface area contributed by atoms with Gasteiger partial charge in [0, 0.05) is 17.9 Å². The van der Waals surface area contributed by atoms with Crippen LogP contribution in [-0.4, -0.2) is 57.6 Å². The zero-order valence-electron chi connectivity index (χ0n) is 22.9. The maximum atomic E-state index is 11.9. The predicted octanol–water partition coefficient (Wildman–Crippen LogP) is 4.30. The molecule has 6 fully saturated rings. The van der Waals surface area contributed by atoms with E-state index in [2.05, 4.69) is 41.5 Å². The third-order valence-corrected chi connectivity index (χ3v) is 14.4. The Hall–Kier alpha value is -0.200. The fourth-order valence-electron chi connectivity index (χ4n) is 12.2. The van der Waals surface area contributed by atoms with Gasteiger partial charge in [0.2, 0.25) is 0 Å². The number of ether oxygens (including phenoxy) is 1. The van der Waals surface area contributed by atoms with Gasteiger partial charge in [0.05, 0.1) is 35.9 Å². The van der Waals surface area contributed by atoms with E-state index in [-0.39, 0.29) is 51.3 Å². The van der Waals surface area contributed by atoms with Crippen molar-refractivity contribution in [3.63, 3.8) is 0 Å². The minimum atomic E-state index is -0.642. The van der Waals surface area contributed by atoms with Gasteiger partial charge in [0.1, 0.15) is 0 Å². The molecule has 0 aromatic rings. The highest BCUT2D eigenvalue weighted by atomic mass is 16.5. The van der Waals surface area contributed by atoms with E-state index in [1.807, 2.05) is 0 Å². The molecule has 0 aromatic heterocycles. The molecule has 0 unspecified atom stereocenters. The summed E-state index contributed by atoms with van der Waals surface area (Å²) in [4.78, 5) is 0. The van der Waals surface area contributed by atoms with Crippen LogP contribution in [-0.2, 0) is 4.74 Å². The van der Waals surface area contributed by atoms with Crippen molar-refractivity contribution < 1.29 is 25.2 Å². The van der Waals surface area contributed by atoms with Crippen LogP contribution in [0.2, 0.25) is 0 Å². The van der Waals surface area contributed by atoms with Crippen LogP contribution in [0.1, 0.15) is 99.3 Å². The number of hydrogen-bond acceptors (Lipinski definition) is 5. The lowest BCUT2D eigenvalue weighted by Crippen LogP contribution is -2.75. The third kappa shape index (κ3) is 2.59. The number of fused-ring (bicyclic) bond motifs is 4. The highest BCUT2D eigenvalue weighted by Gasteiger charge is 2.81. The second-order valence-corrected chi connectivity index (χ2v) is 15.8.